The summed E-state index contributed by atoms with van der Waals surface area (Å²) >= 11 is 0. The molecule has 0 amide bonds. The van der Waals surface area contributed by atoms with Gasteiger partial charge in [0.1, 0.15) is 5.82 Å². The molecule has 0 saturated carbocycles. The van der Waals surface area contributed by atoms with Crippen LogP contribution in [0, 0.1) is 11.3 Å². The van der Waals surface area contributed by atoms with E-state index >= 15 is 0 Å². The van der Waals surface area contributed by atoms with Crippen LogP contribution >= 0.6 is 24.8 Å². The van der Waals surface area contributed by atoms with Crippen molar-refractivity contribution < 1.29 is 0 Å². The van der Waals surface area contributed by atoms with Crippen LogP contribution in [0.2, 0.25) is 0 Å². The zero-order valence-corrected chi connectivity index (χ0v) is 17.7. The van der Waals surface area contributed by atoms with Gasteiger partial charge in [0, 0.05) is 42.3 Å². The van der Waals surface area contributed by atoms with Gasteiger partial charge < -0.3 is 21.3 Å². The Labute approximate surface area is 178 Å². The van der Waals surface area contributed by atoms with E-state index in [1.165, 1.54) is 0 Å². The Balaban J connectivity index is 0.00000196. The van der Waals surface area contributed by atoms with Gasteiger partial charge in [0.25, 0.3) is 0 Å². The molecule has 4 N–H and O–H groups in total. The summed E-state index contributed by atoms with van der Waals surface area (Å²) in [6.07, 6.45) is 3.02. The predicted octanol–water partition coefficient (Wildman–Crippen LogP) is 3.27. The van der Waals surface area contributed by atoms with Gasteiger partial charge in [-0.15, -0.1) is 24.8 Å². The molecular weight excluding hydrogens is 397 g/mol. The number of aryl methyl sites for hydroxylation is 1. The number of hydrogen-bond acceptors (Lipinski definition) is 7. The highest BCUT2D eigenvalue weighted by Crippen LogP contribution is 2.24. The van der Waals surface area contributed by atoms with Crippen molar-refractivity contribution in [2.45, 2.75) is 32.2 Å². The van der Waals surface area contributed by atoms with Crippen LogP contribution in [0.1, 0.15) is 31.0 Å². The molecule has 1 fully saturated rings. The van der Waals surface area contributed by atoms with Gasteiger partial charge >= 0.3 is 0 Å². The number of rotatable bonds is 6. The summed E-state index contributed by atoms with van der Waals surface area (Å²) in [4.78, 5) is 11.6. The molecule has 0 bridgehead atoms. The fourth-order valence-corrected chi connectivity index (χ4v) is 3.21. The Kier molecular flexibility index (Phi) is 9.26. The summed E-state index contributed by atoms with van der Waals surface area (Å²) in [5, 5.41) is 15.7. The standard InChI is InChI=1S/C19H25N7.2ClH/c1-3-4-15-10-18(26-6-5-16(12-26)22-2)25-19(23-15)24-17-8-13(11-20)7-14(21)9-17;;/h7-10,16,22H,3-6,12,21H2,1-2H3,(H,23,24,25);2*1H/t16-;;/m0../s1. The van der Waals surface area contributed by atoms with Gasteiger partial charge in [0.15, 0.2) is 0 Å². The molecule has 28 heavy (non-hydrogen) atoms. The van der Waals surface area contributed by atoms with E-state index in [1.54, 1.807) is 18.2 Å². The summed E-state index contributed by atoms with van der Waals surface area (Å²) in [5.41, 5.74) is 8.65. The van der Waals surface area contributed by atoms with E-state index in [4.69, 9.17) is 16.0 Å². The average Bonchev–Trinajstić information content (AvgIpc) is 3.10. The molecule has 9 heteroatoms. The lowest BCUT2D eigenvalue weighted by atomic mass is 10.2. The molecule has 152 valence electrons. The first-order chi connectivity index (χ1) is 12.6. The van der Waals surface area contributed by atoms with Crippen molar-refractivity contribution in [1.82, 2.24) is 15.3 Å². The number of nitrogen functional groups attached to an aromatic ring is 1. The zero-order chi connectivity index (χ0) is 18.5. The lowest BCUT2D eigenvalue weighted by molar-refractivity contribution is 0.616. The normalized spacial score (nSPS) is 15.3. The molecular formula is C19H27Cl2N7. The Bertz CT molecular complexity index is 822. The summed E-state index contributed by atoms with van der Waals surface area (Å²) in [5.74, 6) is 1.47. The number of benzene rings is 1. The number of nitrogens with zero attached hydrogens (tertiary/aromatic N) is 4. The van der Waals surface area contributed by atoms with Crippen LogP contribution in [0.25, 0.3) is 0 Å². The quantitative estimate of drug-likeness (QED) is 0.612. The van der Waals surface area contributed by atoms with Gasteiger partial charge in [-0.3, -0.25) is 0 Å². The van der Waals surface area contributed by atoms with Crippen molar-refractivity contribution in [2.24, 2.45) is 0 Å². The average molecular weight is 424 g/mol. The van der Waals surface area contributed by atoms with Gasteiger partial charge in [-0.05, 0) is 38.1 Å². The molecule has 2 heterocycles. The van der Waals surface area contributed by atoms with Crippen molar-refractivity contribution >= 4 is 48.0 Å². The maximum absolute atomic E-state index is 9.13. The van der Waals surface area contributed by atoms with E-state index in [0.717, 1.165) is 49.6 Å². The van der Waals surface area contributed by atoms with Crippen molar-refractivity contribution in [3.05, 3.63) is 35.5 Å². The number of halogens is 2. The van der Waals surface area contributed by atoms with Crippen LogP contribution in [-0.4, -0.2) is 36.1 Å². The van der Waals surface area contributed by atoms with Gasteiger partial charge in [-0.2, -0.15) is 10.2 Å². The van der Waals surface area contributed by atoms with Crippen LogP contribution < -0.4 is 21.3 Å². The first kappa shape index (κ1) is 23.8. The van der Waals surface area contributed by atoms with Crippen LogP contribution in [0.3, 0.4) is 0 Å². The molecule has 7 nitrogen and oxygen atoms in total. The fraction of sp³-hybridized carbons (Fsp3) is 0.421. The molecule has 1 aromatic heterocycles. The fourth-order valence-electron chi connectivity index (χ4n) is 3.21. The summed E-state index contributed by atoms with van der Waals surface area (Å²) in [6, 6.07) is 9.86. The van der Waals surface area contributed by atoms with E-state index in [-0.39, 0.29) is 24.8 Å². The maximum Gasteiger partial charge on any atom is 0.229 e. The van der Waals surface area contributed by atoms with Crippen LogP contribution in [-0.2, 0) is 6.42 Å². The first-order valence-corrected chi connectivity index (χ1v) is 8.99. The maximum atomic E-state index is 9.13. The number of nitrogens with two attached hydrogens (primary N) is 1. The molecule has 1 aliphatic heterocycles. The number of nitriles is 1. The van der Waals surface area contributed by atoms with E-state index in [9.17, 15) is 0 Å². The molecule has 0 unspecified atom stereocenters. The Morgan fingerprint density at radius 2 is 2.04 bits per heavy atom. The van der Waals surface area contributed by atoms with Gasteiger partial charge in [-0.25, -0.2) is 4.98 Å². The third kappa shape index (κ3) is 5.86. The summed E-state index contributed by atoms with van der Waals surface area (Å²) in [6.45, 7) is 4.05. The Morgan fingerprint density at radius 3 is 2.68 bits per heavy atom. The van der Waals surface area contributed by atoms with E-state index < -0.39 is 0 Å². The number of hydrogen-bond donors (Lipinski definition) is 3. The van der Waals surface area contributed by atoms with Crippen molar-refractivity contribution in [2.75, 3.05) is 36.1 Å². The van der Waals surface area contributed by atoms with Gasteiger partial charge in [0.2, 0.25) is 5.95 Å². The largest absolute Gasteiger partial charge is 0.399 e. The molecule has 0 radical (unpaired) electrons. The minimum atomic E-state index is 0. The number of nitrogens with one attached hydrogen (secondary N) is 2. The second kappa shape index (κ2) is 10.9. The second-order valence-corrected chi connectivity index (χ2v) is 6.59. The van der Waals surface area contributed by atoms with Crippen LogP contribution in [0.4, 0.5) is 23.1 Å². The molecule has 1 aromatic carbocycles. The highest BCUT2D eigenvalue weighted by molar-refractivity contribution is 5.85. The lowest BCUT2D eigenvalue weighted by Crippen LogP contribution is -2.30. The first-order valence-electron chi connectivity index (χ1n) is 8.99. The highest BCUT2D eigenvalue weighted by atomic mass is 35.5. The third-order valence-corrected chi connectivity index (χ3v) is 4.53. The predicted molar refractivity (Wildman–Crippen MR) is 119 cm³/mol. The third-order valence-electron chi connectivity index (χ3n) is 4.53. The van der Waals surface area contributed by atoms with E-state index in [2.05, 4.69) is 39.6 Å². The zero-order valence-electron chi connectivity index (χ0n) is 16.1. The SMILES string of the molecule is CCCc1cc(N2CC[C@H](NC)C2)nc(Nc2cc(N)cc(C#N)c2)n1.Cl.Cl. The molecule has 1 saturated heterocycles. The van der Waals surface area contributed by atoms with Crippen LogP contribution in [0.15, 0.2) is 24.3 Å². The Hall–Kier alpha value is -2.27. The Morgan fingerprint density at radius 1 is 1.25 bits per heavy atom. The minimum Gasteiger partial charge on any atom is -0.399 e. The molecule has 0 spiro atoms. The van der Waals surface area contributed by atoms with Crippen molar-refractivity contribution in [3.8, 4) is 6.07 Å². The minimum absolute atomic E-state index is 0. The van der Waals surface area contributed by atoms with Gasteiger partial charge in [-0.1, -0.05) is 13.3 Å². The highest BCUT2D eigenvalue weighted by Gasteiger charge is 2.23. The van der Waals surface area contributed by atoms with Crippen LogP contribution in [0.5, 0.6) is 0 Å². The number of aromatic nitrogens is 2. The smallest absolute Gasteiger partial charge is 0.229 e. The van der Waals surface area contributed by atoms with E-state index in [1.807, 2.05) is 7.05 Å². The van der Waals surface area contributed by atoms with E-state index in [0.29, 0.717) is 23.2 Å². The molecule has 3 rings (SSSR count). The molecule has 1 atom stereocenters. The molecule has 0 aliphatic carbocycles. The second-order valence-electron chi connectivity index (χ2n) is 6.59. The monoisotopic (exact) mass is 423 g/mol. The lowest BCUT2D eigenvalue weighted by Gasteiger charge is -2.19. The number of anilines is 4. The summed E-state index contributed by atoms with van der Waals surface area (Å²) in [7, 11) is 2.00. The molecule has 2 aromatic rings. The topological polar surface area (TPSA) is 103 Å². The van der Waals surface area contributed by atoms with Crippen molar-refractivity contribution in [3.63, 3.8) is 0 Å². The molecule has 1 aliphatic rings. The summed E-state index contributed by atoms with van der Waals surface area (Å²) < 4.78 is 0. The number of likely N-dealkylation sites (N-methyl/N-ethyl adjacent to an activating group) is 1. The van der Waals surface area contributed by atoms with Crippen molar-refractivity contribution in [1.29, 1.82) is 5.26 Å². The van der Waals surface area contributed by atoms with Gasteiger partial charge in [0.05, 0.1) is 11.6 Å².